The standard InChI is InChI=1S/C19H27N3O4/c1-13(2)20-16-12-15(6-7-17(16)22(24)25)14-8-10-21(11-9-14)18(23)26-19(3,4)5/h6-8,12-13,20H,9-11H2,1-5H3. The highest BCUT2D eigenvalue weighted by atomic mass is 16.6. The van der Waals surface area contributed by atoms with E-state index >= 15 is 0 Å². The monoisotopic (exact) mass is 361 g/mol. The van der Waals surface area contributed by atoms with Gasteiger partial charge in [0, 0.05) is 25.2 Å². The van der Waals surface area contributed by atoms with Gasteiger partial charge < -0.3 is 15.0 Å². The van der Waals surface area contributed by atoms with Crippen molar-refractivity contribution < 1.29 is 14.5 Å². The van der Waals surface area contributed by atoms with Crippen LogP contribution in [-0.2, 0) is 4.74 Å². The largest absolute Gasteiger partial charge is 0.444 e. The molecule has 1 heterocycles. The molecule has 1 aliphatic rings. The van der Waals surface area contributed by atoms with Crippen LogP contribution in [0.1, 0.15) is 46.6 Å². The molecule has 0 radical (unpaired) electrons. The van der Waals surface area contributed by atoms with Crippen LogP contribution in [0.2, 0.25) is 0 Å². The van der Waals surface area contributed by atoms with Crippen LogP contribution in [0, 0.1) is 10.1 Å². The van der Waals surface area contributed by atoms with E-state index in [1.165, 1.54) is 6.07 Å². The second kappa shape index (κ2) is 7.76. The summed E-state index contributed by atoms with van der Waals surface area (Å²) in [6.45, 7) is 10.4. The average molecular weight is 361 g/mol. The van der Waals surface area contributed by atoms with E-state index in [4.69, 9.17) is 4.74 Å². The predicted octanol–water partition coefficient (Wildman–Crippen LogP) is 4.44. The van der Waals surface area contributed by atoms with Crippen LogP contribution in [0.5, 0.6) is 0 Å². The minimum Gasteiger partial charge on any atom is -0.444 e. The van der Waals surface area contributed by atoms with Gasteiger partial charge in [-0.3, -0.25) is 10.1 Å². The SMILES string of the molecule is CC(C)Nc1cc(C2=CCN(C(=O)OC(C)(C)C)CC2)ccc1[N+](=O)[O-]. The van der Waals surface area contributed by atoms with Crippen molar-refractivity contribution in [2.24, 2.45) is 0 Å². The van der Waals surface area contributed by atoms with Crippen LogP contribution in [0.3, 0.4) is 0 Å². The molecule has 1 amide bonds. The maximum atomic E-state index is 12.1. The number of carbonyl (C=O) groups excluding carboxylic acids is 1. The van der Waals surface area contributed by atoms with Gasteiger partial charge in [0.2, 0.25) is 0 Å². The summed E-state index contributed by atoms with van der Waals surface area (Å²) in [6, 6.07) is 5.19. The topological polar surface area (TPSA) is 84.7 Å². The normalized spacial score (nSPS) is 14.8. The maximum absolute atomic E-state index is 12.1. The van der Waals surface area contributed by atoms with E-state index in [1.807, 2.05) is 46.8 Å². The molecule has 0 bridgehead atoms. The number of nitrogens with one attached hydrogen (secondary N) is 1. The van der Waals surface area contributed by atoms with E-state index in [9.17, 15) is 14.9 Å². The third-order valence-corrected chi connectivity index (χ3v) is 3.87. The Bertz CT molecular complexity index is 720. The zero-order chi connectivity index (χ0) is 19.5. The van der Waals surface area contributed by atoms with Gasteiger partial charge in [-0.15, -0.1) is 0 Å². The molecule has 0 saturated carbocycles. The molecule has 7 heteroatoms. The predicted molar refractivity (Wildman–Crippen MR) is 102 cm³/mol. The number of nitrogens with zero attached hydrogens (tertiary/aromatic N) is 2. The van der Waals surface area contributed by atoms with Crippen LogP contribution in [0.15, 0.2) is 24.3 Å². The number of benzene rings is 1. The summed E-state index contributed by atoms with van der Waals surface area (Å²) >= 11 is 0. The lowest BCUT2D eigenvalue weighted by Crippen LogP contribution is -2.39. The Hall–Kier alpha value is -2.57. The van der Waals surface area contributed by atoms with E-state index in [-0.39, 0.29) is 22.7 Å². The summed E-state index contributed by atoms with van der Waals surface area (Å²) < 4.78 is 5.40. The molecule has 1 aliphatic heterocycles. The molecule has 142 valence electrons. The highest BCUT2D eigenvalue weighted by molar-refractivity contribution is 5.76. The summed E-state index contributed by atoms with van der Waals surface area (Å²) in [4.78, 5) is 24.6. The first-order chi connectivity index (χ1) is 12.1. The highest BCUT2D eigenvalue weighted by Gasteiger charge is 2.24. The molecule has 0 spiro atoms. The van der Waals surface area contributed by atoms with Gasteiger partial charge in [0.05, 0.1) is 4.92 Å². The number of nitro groups is 1. The van der Waals surface area contributed by atoms with E-state index in [1.54, 1.807) is 11.0 Å². The Labute approximate surface area is 154 Å². The number of ether oxygens (including phenoxy) is 1. The number of hydrogen-bond acceptors (Lipinski definition) is 5. The van der Waals surface area contributed by atoms with Crippen molar-refractivity contribution in [1.82, 2.24) is 4.90 Å². The first kappa shape index (κ1) is 19.8. The minimum atomic E-state index is -0.517. The quantitative estimate of drug-likeness (QED) is 0.633. The Balaban J connectivity index is 2.17. The Morgan fingerprint density at radius 1 is 1.35 bits per heavy atom. The van der Waals surface area contributed by atoms with Gasteiger partial charge in [-0.1, -0.05) is 6.08 Å². The lowest BCUT2D eigenvalue weighted by Gasteiger charge is -2.29. The highest BCUT2D eigenvalue weighted by Crippen LogP contribution is 2.31. The third kappa shape index (κ3) is 5.21. The number of rotatable bonds is 4. The Morgan fingerprint density at radius 3 is 2.54 bits per heavy atom. The van der Waals surface area contributed by atoms with Gasteiger partial charge in [-0.05, 0) is 64.3 Å². The number of nitro benzene ring substituents is 1. The number of hydrogen-bond donors (Lipinski definition) is 1. The first-order valence-corrected chi connectivity index (χ1v) is 8.79. The molecule has 0 saturated heterocycles. The summed E-state index contributed by atoms with van der Waals surface area (Å²) in [6.07, 6.45) is 2.34. The van der Waals surface area contributed by atoms with Crippen LogP contribution in [0.25, 0.3) is 5.57 Å². The number of amides is 1. The molecule has 0 aliphatic carbocycles. The van der Waals surface area contributed by atoms with Crippen molar-refractivity contribution in [3.63, 3.8) is 0 Å². The van der Waals surface area contributed by atoms with Crippen molar-refractivity contribution >= 4 is 23.0 Å². The van der Waals surface area contributed by atoms with Crippen molar-refractivity contribution in [2.75, 3.05) is 18.4 Å². The molecule has 1 N–H and O–H groups in total. The summed E-state index contributed by atoms with van der Waals surface area (Å²) in [7, 11) is 0. The molecule has 0 fully saturated rings. The van der Waals surface area contributed by atoms with Crippen LogP contribution >= 0.6 is 0 Å². The van der Waals surface area contributed by atoms with Crippen molar-refractivity contribution in [3.8, 4) is 0 Å². The fourth-order valence-electron chi connectivity index (χ4n) is 2.75. The second-order valence-electron chi connectivity index (χ2n) is 7.69. The van der Waals surface area contributed by atoms with Crippen molar-refractivity contribution in [2.45, 2.75) is 52.7 Å². The summed E-state index contributed by atoms with van der Waals surface area (Å²) in [5.74, 6) is 0. The van der Waals surface area contributed by atoms with E-state index in [0.29, 0.717) is 25.2 Å². The van der Waals surface area contributed by atoms with Crippen LogP contribution in [-0.4, -0.2) is 40.6 Å². The molecule has 2 rings (SSSR count). The van der Waals surface area contributed by atoms with Gasteiger partial charge >= 0.3 is 6.09 Å². The molecule has 0 aromatic heterocycles. The molecule has 0 unspecified atom stereocenters. The fraction of sp³-hybridized carbons (Fsp3) is 0.526. The van der Waals surface area contributed by atoms with Gasteiger partial charge in [-0.2, -0.15) is 0 Å². The minimum absolute atomic E-state index is 0.0641. The average Bonchev–Trinajstić information content (AvgIpc) is 2.52. The molecule has 7 nitrogen and oxygen atoms in total. The molecule has 1 aromatic carbocycles. The fourth-order valence-corrected chi connectivity index (χ4v) is 2.75. The van der Waals surface area contributed by atoms with E-state index in [2.05, 4.69) is 5.32 Å². The van der Waals surface area contributed by atoms with Gasteiger partial charge in [-0.25, -0.2) is 4.79 Å². The molecular weight excluding hydrogens is 334 g/mol. The lowest BCUT2D eigenvalue weighted by molar-refractivity contribution is -0.384. The third-order valence-electron chi connectivity index (χ3n) is 3.87. The van der Waals surface area contributed by atoms with Crippen LogP contribution < -0.4 is 5.32 Å². The summed E-state index contributed by atoms with van der Waals surface area (Å²) in [5, 5.41) is 14.3. The van der Waals surface area contributed by atoms with Crippen molar-refractivity contribution in [1.29, 1.82) is 0 Å². The molecule has 0 atom stereocenters. The summed E-state index contributed by atoms with van der Waals surface area (Å²) in [5.41, 5.74) is 2.07. The number of anilines is 1. The lowest BCUT2D eigenvalue weighted by atomic mass is 9.98. The first-order valence-electron chi connectivity index (χ1n) is 8.79. The molecule has 26 heavy (non-hydrogen) atoms. The zero-order valence-corrected chi connectivity index (χ0v) is 16.0. The number of carbonyl (C=O) groups is 1. The van der Waals surface area contributed by atoms with E-state index in [0.717, 1.165) is 11.1 Å². The second-order valence-corrected chi connectivity index (χ2v) is 7.69. The molecular formula is C19H27N3O4. The molecule has 1 aromatic rings. The van der Waals surface area contributed by atoms with Gasteiger partial charge in [0.15, 0.2) is 0 Å². The van der Waals surface area contributed by atoms with Gasteiger partial charge in [0.25, 0.3) is 5.69 Å². The zero-order valence-electron chi connectivity index (χ0n) is 16.0. The smallest absolute Gasteiger partial charge is 0.410 e. The van der Waals surface area contributed by atoms with Crippen molar-refractivity contribution in [3.05, 3.63) is 40.0 Å². The van der Waals surface area contributed by atoms with Crippen LogP contribution in [0.4, 0.5) is 16.2 Å². The maximum Gasteiger partial charge on any atom is 0.410 e. The van der Waals surface area contributed by atoms with E-state index < -0.39 is 5.60 Å². The van der Waals surface area contributed by atoms with Gasteiger partial charge in [0.1, 0.15) is 11.3 Å². The Morgan fingerprint density at radius 2 is 2.04 bits per heavy atom. The Kier molecular flexibility index (Phi) is 5.90.